The van der Waals surface area contributed by atoms with Crippen LogP contribution in [0.25, 0.3) is 33.4 Å². The van der Waals surface area contributed by atoms with E-state index >= 15 is 0 Å². The highest BCUT2D eigenvalue weighted by Crippen LogP contribution is 2.42. The van der Waals surface area contributed by atoms with Crippen molar-refractivity contribution in [2.75, 3.05) is 39.3 Å². The highest BCUT2D eigenvalue weighted by atomic mass is 16.4. The highest BCUT2D eigenvalue weighted by molar-refractivity contribution is 6.09. The second-order valence-electron chi connectivity index (χ2n) is 16.2. The van der Waals surface area contributed by atoms with Crippen molar-refractivity contribution in [3.63, 3.8) is 0 Å². The first-order chi connectivity index (χ1) is 33.6. The maximum absolute atomic E-state index is 14.0. The Balaban J connectivity index is 1.55. The number of nitrogens with one attached hydrogen (secondary N) is 3. The van der Waals surface area contributed by atoms with Crippen LogP contribution in [0, 0.1) is 0 Å². The lowest BCUT2D eigenvalue weighted by Gasteiger charge is -2.25. The summed E-state index contributed by atoms with van der Waals surface area (Å²) >= 11 is 0. The second kappa shape index (κ2) is 25.8. The van der Waals surface area contributed by atoms with Gasteiger partial charge >= 0.3 is 41.8 Å². The fourth-order valence-electron chi connectivity index (χ4n) is 7.76. The number of amides is 3. The van der Waals surface area contributed by atoms with Crippen LogP contribution in [0.4, 0.5) is 0 Å². The molecule has 3 atom stereocenters. The van der Waals surface area contributed by atoms with Gasteiger partial charge in [-0.25, -0.2) is 4.79 Å². The van der Waals surface area contributed by atoms with Gasteiger partial charge in [0.05, 0.1) is 31.7 Å². The van der Waals surface area contributed by atoms with Crippen LogP contribution in [0.15, 0.2) is 63.8 Å². The summed E-state index contributed by atoms with van der Waals surface area (Å²) in [4.78, 5) is 136. The lowest BCUT2D eigenvalue weighted by molar-refractivity contribution is -0.152. The van der Waals surface area contributed by atoms with E-state index in [0.29, 0.717) is 5.39 Å². The van der Waals surface area contributed by atoms with Gasteiger partial charge in [0, 0.05) is 53.7 Å². The van der Waals surface area contributed by atoms with Gasteiger partial charge in [0.2, 0.25) is 11.8 Å². The molecule has 0 radical (unpaired) electrons. The van der Waals surface area contributed by atoms with E-state index in [1.165, 1.54) is 42.5 Å². The van der Waals surface area contributed by atoms with Gasteiger partial charge in [0.15, 0.2) is 5.43 Å². The fourth-order valence-corrected chi connectivity index (χ4v) is 7.76. The number of phenolic OH excluding ortho intramolecular Hbond substituents is 1. The molecule has 25 heteroatoms. The van der Waals surface area contributed by atoms with E-state index in [-0.39, 0.29) is 109 Å². The summed E-state index contributed by atoms with van der Waals surface area (Å²) in [5, 5.41) is 84.5. The van der Waals surface area contributed by atoms with Gasteiger partial charge in [-0.2, -0.15) is 0 Å². The van der Waals surface area contributed by atoms with Gasteiger partial charge < -0.3 is 61.2 Å². The standard InChI is InChI=1S/C46H51N5O20/c52-25-8-11-28-34(18-25)71-35-19-26(53)9-12-29(35)41(28)30-17-24(7-10-27(30)44(65)66)42(63)49-31(43(64)48-16-4-2-6-33(46(69)70)51(22-39(59)60)23-40(61)62)13-14-36(54)47-15-3-1-5-32(45(67)68)50(20-37(55)56)21-38(57)58/h7-12,17-19,31-33,52H,1-6,13-16,20-23H2,(H,47,54)(H,48,64)(H,49,63)(H,55,56)(H,57,58)(H,59,60)(H,61,62)(H,65,66)(H,67,68)(H,69,70)/t31-,32-,33-/m0/s1. The molecular formula is C46H51N5O20. The van der Waals surface area contributed by atoms with Crippen LogP contribution in [-0.2, 0) is 38.4 Å². The first kappa shape index (κ1) is 55.1. The number of aliphatic carboxylic acids is 6. The molecule has 2 aromatic carbocycles. The number of hydrogen-bond donors (Lipinski definition) is 11. The molecule has 380 valence electrons. The number of carboxylic acids is 7. The number of carbonyl (C=O) groups excluding carboxylic acids is 3. The first-order valence-corrected chi connectivity index (χ1v) is 21.8. The van der Waals surface area contributed by atoms with Gasteiger partial charge in [0.25, 0.3) is 5.91 Å². The maximum atomic E-state index is 14.0. The minimum absolute atomic E-state index is 0.0169. The number of carbonyl (C=O) groups is 10. The van der Waals surface area contributed by atoms with Gasteiger partial charge in [-0.05, 0) is 93.0 Å². The molecule has 0 bridgehead atoms. The molecule has 0 saturated heterocycles. The molecule has 25 nitrogen and oxygen atoms in total. The summed E-state index contributed by atoms with van der Waals surface area (Å²) in [6, 6.07) is 6.96. The molecule has 4 rings (SSSR count). The van der Waals surface area contributed by atoms with Gasteiger partial charge in [-0.3, -0.25) is 57.7 Å². The number of carboxylic acid groups (broad SMARTS) is 7. The van der Waals surface area contributed by atoms with Gasteiger partial charge in [-0.15, -0.1) is 0 Å². The zero-order chi connectivity index (χ0) is 52.5. The monoisotopic (exact) mass is 993 g/mol. The summed E-state index contributed by atoms with van der Waals surface area (Å²) in [5.41, 5.74) is -0.340. The van der Waals surface area contributed by atoms with Crippen molar-refractivity contribution in [1.29, 1.82) is 0 Å². The maximum Gasteiger partial charge on any atom is 0.336 e. The molecule has 2 aliphatic rings. The lowest BCUT2D eigenvalue weighted by atomic mass is 9.89. The summed E-state index contributed by atoms with van der Waals surface area (Å²) in [7, 11) is 0. The molecule has 0 saturated carbocycles. The number of aromatic hydroxyl groups is 1. The lowest BCUT2D eigenvalue weighted by Crippen LogP contribution is -2.48. The summed E-state index contributed by atoms with van der Waals surface area (Å²) in [6.07, 6.45) is -0.645. The van der Waals surface area contributed by atoms with Crippen molar-refractivity contribution >= 4 is 70.5 Å². The van der Waals surface area contributed by atoms with Gasteiger partial charge in [0.1, 0.15) is 35.2 Å². The minimum Gasteiger partial charge on any atom is -0.508 e. The molecule has 0 aromatic heterocycles. The van der Waals surface area contributed by atoms with Crippen molar-refractivity contribution in [2.24, 2.45) is 0 Å². The number of benzene rings is 3. The Morgan fingerprint density at radius 2 is 1.14 bits per heavy atom. The van der Waals surface area contributed by atoms with E-state index < -0.39 is 109 Å². The number of rotatable bonds is 30. The zero-order valence-electron chi connectivity index (χ0n) is 37.7. The SMILES string of the molecule is O=C(O)CN(CC(=O)O)[C@@H](CCCCNC(=O)CC[C@H](NC(=O)c1ccc(C(=O)O)c(-c2c3ccc(=O)cc-3oc3cc(O)ccc23)c1)C(=O)NCCCC[C@@H](C(=O)O)N(CC(=O)O)CC(=O)O)C(=O)O. The van der Waals surface area contributed by atoms with E-state index in [1.807, 2.05) is 0 Å². The van der Waals surface area contributed by atoms with Crippen LogP contribution < -0.4 is 21.4 Å². The molecule has 0 fully saturated rings. The number of hydrogen-bond acceptors (Lipinski definition) is 15. The van der Waals surface area contributed by atoms with Crippen LogP contribution in [0.5, 0.6) is 5.75 Å². The summed E-state index contributed by atoms with van der Waals surface area (Å²) in [6.45, 7) is -3.59. The Labute approximate surface area is 401 Å². The third kappa shape index (κ3) is 16.3. The predicted molar refractivity (Wildman–Crippen MR) is 244 cm³/mol. The van der Waals surface area contributed by atoms with Gasteiger partial charge in [-0.1, -0.05) is 0 Å². The number of phenols is 1. The van der Waals surface area contributed by atoms with Crippen molar-refractivity contribution in [3.8, 4) is 28.2 Å². The van der Waals surface area contributed by atoms with E-state index in [4.69, 9.17) is 14.6 Å². The second-order valence-corrected chi connectivity index (χ2v) is 16.2. The number of unbranched alkanes of at least 4 members (excludes halogenated alkanes) is 2. The highest BCUT2D eigenvalue weighted by Gasteiger charge is 2.31. The first-order valence-electron chi connectivity index (χ1n) is 21.8. The number of aromatic carboxylic acids is 1. The third-order valence-electron chi connectivity index (χ3n) is 11.0. The van der Waals surface area contributed by atoms with Crippen LogP contribution in [0.1, 0.15) is 72.1 Å². The van der Waals surface area contributed by atoms with Crippen molar-refractivity contribution < 1.29 is 93.2 Å². The van der Waals surface area contributed by atoms with E-state index in [2.05, 4.69) is 16.0 Å². The quantitative estimate of drug-likeness (QED) is 0.0259. The zero-order valence-corrected chi connectivity index (χ0v) is 37.7. The fraction of sp³-hybridized carbons (Fsp3) is 0.370. The average Bonchev–Trinajstić information content (AvgIpc) is 3.27. The Morgan fingerprint density at radius 1 is 0.592 bits per heavy atom. The van der Waals surface area contributed by atoms with Crippen LogP contribution in [0.2, 0.25) is 0 Å². The Morgan fingerprint density at radius 3 is 1.66 bits per heavy atom. The Hall–Kier alpha value is -8.45. The normalized spacial score (nSPS) is 12.5. The molecule has 1 heterocycles. The Bertz CT molecular complexity index is 2670. The van der Waals surface area contributed by atoms with Crippen LogP contribution in [-0.4, -0.2) is 168 Å². The number of nitrogens with zero attached hydrogens (tertiary/aromatic N) is 2. The van der Waals surface area contributed by atoms with E-state index in [1.54, 1.807) is 0 Å². The topological polar surface area (TPSA) is 405 Å². The van der Waals surface area contributed by atoms with E-state index in [9.17, 15) is 83.4 Å². The molecule has 0 unspecified atom stereocenters. The average molecular weight is 994 g/mol. The smallest absolute Gasteiger partial charge is 0.336 e. The molecule has 3 amide bonds. The van der Waals surface area contributed by atoms with Crippen LogP contribution in [0.3, 0.4) is 0 Å². The summed E-state index contributed by atoms with van der Waals surface area (Å²) < 4.78 is 5.87. The molecule has 71 heavy (non-hydrogen) atoms. The number of fused-ring (bicyclic) bond motifs is 2. The molecular weight excluding hydrogens is 943 g/mol. The molecule has 11 N–H and O–H groups in total. The molecule has 2 aromatic rings. The van der Waals surface area contributed by atoms with E-state index in [0.717, 1.165) is 21.9 Å². The largest absolute Gasteiger partial charge is 0.508 e. The van der Waals surface area contributed by atoms with Crippen molar-refractivity contribution in [3.05, 3.63) is 75.9 Å². The summed E-state index contributed by atoms with van der Waals surface area (Å²) in [5.74, 6) is -12.6. The molecule has 0 spiro atoms. The predicted octanol–water partition coefficient (Wildman–Crippen LogP) is 1.27. The minimum atomic E-state index is -1.50. The van der Waals surface area contributed by atoms with Crippen molar-refractivity contribution in [2.45, 2.75) is 69.5 Å². The van der Waals surface area contributed by atoms with Crippen molar-refractivity contribution in [1.82, 2.24) is 25.8 Å². The molecule has 1 aliphatic carbocycles. The van der Waals surface area contributed by atoms with Crippen LogP contribution >= 0.6 is 0 Å². The Kier molecular flexibility index (Phi) is 20.0. The molecule has 1 aliphatic heterocycles. The third-order valence-corrected chi connectivity index (χ3v) is 11.0.